The molecule has 0 saturated heterocycles. The number of carbonyl (C=O) groups excluding carboxylic acids is 2. The number of halogens is 1. The average molecular weight is 460 g/mol. The molecule has 0 spiro atoms. The number of nitrogens with one attached hydrogen (secondary N) is 1. The summed E-state index contributed by atoms with van der Waals surface area (Å²) in [4.78, 5) is 30.5. The van der Waals surface area contributed by atoms with Gasteiger partial charge < -0.3 is 10.2 Å². The average Bonchev–Trinajstić information content (AvgIpc) is 3.01. The highest BCUT2D eigenvalue weighted by atomic mass is 35.5. The molecule has 3 aromatic carbocycles. The second kappa shape index (κ2) is 8.75. The molecule has 0 fully saturated rings. The van der Waals surface area contributed by atoms with E-state index in [1.807, 2.05) is 88.3 Å². The van der Waals surface area contributed by atoms with Crippen molar-refractivity contribution >= 4 is 46.1 Å². The number of anilines is 3. The summed E-state index contributed by atoms with van der Waals surface area (Å²) in [5, 5.41) is 3.84. The van der Waals surface area contributed by atoms with Gasteiger partial charge in [0.15, 0.2) is 0 Å². The molecule has 33 heavy (non-hydrogen) atoms. The maximum absolute atomic E-state index is 13.7. The maximum atomic E-state index is 13.7. The molecule has 0 aliphatic carbocycles. The molecule has 1 aliphatic heterocycles. The molecule has 0 radical (unpaired) electrons. The third-order valence-electron chi connectivity index (χ3n) is 5.93. The molecule has 4 rings (SSSR count). The molecule has 168 valence electrons. The first-order valence-electron chi connectivity index (χ1n) is 10.7. The van der Waals surface area contributed by atoms with E-state index in [1.165, 1.54) is 4.90 Å². The molecule has 1 N–H and O–H groups in total. The van der Waals surface area contributed by atoms with E-state index in [-0.39, 0.29) is 11.6 Å². The van der Waals surface area contributed by atoms with Gasteiger partial charge in [-0.1, -0.05) is 35.9 Å². The summed E-state index contributed by atoms with van der Waals surface area (Å²) in [6.07, 6.45) is 0. The summed E-state index contributed by atoms with van der Waals surface area (Å²) >= 11 is 6.11. The molecular weight excluding hydrogens is 434 g/mol. The van der Waals surface area contributed by atoms with Gasteiger partial charge in [-0.3, -0.25) is 9.59 Å². The molecule has 0 bridgehead atoms. The minimum Gasteiger partial charge on any atom is -0.378 e. The molecule has 1 aliphatic rings. The van der Waals surface area contributed by atoms with E-state index in [0.717, 1.165) is 28.1 Å². The lowest BCUT2D eigenvalue weighted by Gasteiger charge is -2.19. The summed E-state index contributed by atoms with van der Waals surface area (Å²) in [7, 11) is 3.84. The Morgan fingerprint density at radius 3 is 2.24 bits per heavy atom. The maximum Gasteiger partial charge on any atom is 0.282 e. The zero-order valence-electron chi connectivity index (χ0n) is 19.4. The fourth-order valence-electron chi connectivity index (χ4n) is 3.86. The SMILES string of the molecule is Cc1ccc(C2=C(Nc3ccc(Cl)cc3C)C(=O)N(c3cccc(N(C)C)c3)C2=O)cc1C. The van der Waals surface area contributed by atoms with Crippen molar-refractivity contribution in [1.29, 1.82) is 0 Å². The number of benzene rings is 3. The van der Waals surface area contributed by atoms with Gasteiger partial charge in [-0.2, -0.15) is 0 Å². The van der Waals surface area contributed by atoms with Crippen LogP contribution in [0, 0.1) is 20.8 Å². The Bertz CT molecular complexity index is 1310. The van der Waals surface area contributed by atoms with Gasteiger partial charge in [-0.15, -0.1) is 0 Å². The van der Waals surface area contributed by atoms with Gasteiger partial charge >= 0.3 is 0 Å². The summed E-state index contributed by atoms with van der Waals surface area (Å²) < 4.78 is 0. The molecule has 3 aromatic rings. The van der Waals surface area contributed by atoms with Crippen molar-refractivity contribution < 1.29 is 9.59 Å². The van der Waals surface area contributed by atoms with Crippen LogP contribution >= 0.6 is 11.6 Å². The summed E-state index contributed by atoms with van der Waals surface area (Å²) in [6, 6.07) is 18.6. The Morgan fingerprint density at radius 1 is 0.818 bits per heavy atom. The summed E-state index contributed by atoms with van der Waals surface area (Å²) in [5.74, 6) is -0.744. The van der Waals surface area contributed by atoms with Crippen LogP contribution in [-0.4, -0.2) is 25.9 Å². The van der Waals surface area contributed by atoms with Gasteiger partial charge in [-0.05, 0) is 79.4 Å². The van der Waals surface area contributed by atoms with Gasteiger partial charge in [0.2, 0.25) is 0 Å². The van der Waals surface area contributed by atoms with Crippen LogP contribution in [0.15, 0.2) is 66.4 Å². The van der Waals surface area contributed by atoms with Crippen LogP contribution in [0.4, 0.5) is 17.1 Å². The van der Waals surface area contributed by atoms with Crippen molar-refractivity contribution in [3.05, 3.63) is 93.6 Å². The molecule has 6 heteroatoms. The van der Waals surface area contributed by atoms with Crippen molar-refractivity contribution in [3.8, 4) is 0 Å². The summed E-state index contributed by atoms with van der Waals surface area (Å²) in [5.41, 5.74) is 6.51. The predicted molar refractivity (Wildman–Crippen MR) is 136 cm³/mol. The van der Waals surface area contributed by atoms with Gasteiger partial charge in [0.25, 0.3) is 11.8 Å². The smallest absolute Gasteiger partial charge is 0.282 e. The second-order valence-electron chi connectivity index (χ2n) is 8.49. The number of aryl methyl sites for hydroxylation is 3. The quantitative estimate of drug-likeness (QED) is 0.495. The highest BCUT2D eigenvalue weighted by Crippen LogP contribution is 2.36. The first-order chi connectivity index (χ1) is 15.7. The minimum atomic E-state index is -0.390. The molecule has 0 aromatic heterocycles. The molecule has 0 atom stereocenters. The van der Waals surface area contributed by atoms with Gasteiger partial charge in [-0.25, -0.2) is 4.90 Å². The third kappa shape index (κ3) is 4.24. The standard InChI is InChI=1S/C27H26ClN3O2/c1-16-9-10-19(13-17(16)2)24-25(29-23-12-11-20(28)14-18(23)3)27(33)31(26(24)32)22-8-6-7-21(15-22)30(4)5/h6-15,29H,1-5H3. The Balaban J connectivity index is 1.85. The molecule has 0 unspecified atom stereocenters. The number of hydrogen-bond donors (Lipinski definition) is 1. The topological polar surface area (TPSA) is 52.7 Å². The van der Waals surface area contributed by atoms with Crippen LogP contribution in [-0.2, 0) is 9.59 Å². The number of carbonyl (C=O) groups is 2. The van der Waals surface area contributed by atoms with Crippen LogP contribution in [0.5, 0.6) is 0 Å². The number of nitrogens with zero attached hydrogens (tertiary/aromatic N) is 2. The van der Waals surface area contributed by atoms with Gasteiger partial charge in [0.1, 0.15) is 5.70 Å². The number of rotatable bonds is 5. The molecular formula is C27H26ClN3O2. The van der Waals surface area contributed by atoms with Gasteiger partial charge in [0, 0.05) is 30.5 Å². The van der Waals surface area contributed by atoms with E-state index in [9.17, 15) is 9.59 Å². The molecule has 0 saturated carbocycles. The lowest BCUT2D eigenvalue weighted by Crippen LogP contribution is -2.32. The lowest BCUT2D eigenvalue weighted by molar-refractivity contribution is -0.120. The van der Waals surface area contributed by atoms with Crippen LogP contribution in [0.25, 0.3) is 5.57 Å². The first-order valence-corrected chi connectivity index (χ1v) is 11.1. The largest absolute Gasteiger partial charge is 0.378 e. The number of imide groups is 1. The van der Waals surface area contributed by atoms with Crippen LogP contribution < -0.4 is 15.1 Å². The van der Waals surface area contributed by atoms with Crippen molar-refractivity contribution in [2.75, 3.05) is 29.2 Å². The minimum absolute atomic E-state index is 0.254. The number of amides is 2. The molecule has 5 nitrogen and oxygen atoms in total. The van der Waals surface area contributed by atoms with Crippen molar-refractivity contribution in [2.45, 2.75) is 20.8 Å². The van der Waals surface area contributed by atoms with E-state index in [2.05, 4.69) is 5.32 Å². The van der Waals surface area contributed by atoms with Crippen molar-refractivity contribution in [2.24, 2.45) is 0 Å². The van der Waals surface area contributed by atoms with E-state index in [4.69, 9.17) is 11.6 Å². The molecule has 2 amide bonds. The van der Waals surface area contributed by atoms with E-state index >= 15 is 0 Å². The van der Waals surface area contributed by atoms with E-state index in [1.54, 1.807) is 12.1 Å². The van der Waals surface area contributed by atoms with Crippen LogP contribution in [0.1, 0.15) is 22.3 Å². The van der Waals surface area contributed by atoms with Crippen molar-refractivity contribution in [1.82, 2.24) is 0 Å². The number of hydrogen-bond acceptors (Lipinski definition) is 4. The highest BCUT2D eigenvalue weighted by molar-refractivity contribution is 6.46. The van der Waals surface area contributed by atoms with Gasteiger partial charge in [0.05, 0.1) is 11.3 Å². The van der Waals surface area contributed by atoms with E-state index < -0.39 is 5.91 Å². The highest BCUT2D eigenvalue weighted by Gasteiger charge is 2.40. The third-order valence-corrected chi connectivity index (χ3v) is 6.17. The Hall–Kier alpha value is -3.57. The monoisotopic (exact) mass is 459 g/mol. The van der Waals surface area contributed by atoms with E-state index in [0.29, 0.717) is 21.8 Å². The Labute approximate surface area is 199 Å². The fourth-order valence-corrected chi connectivity index (χ4v) is 4.08. The Morgan fingerprint density at radius 2 is 1.58 bits per heavy atom. The summed E-state index contributed by atoms with van der Waals surface area (Å²) in [6.45, 7) is 5.92. The zero-order chi connectivity index (χ0) is 23.9. The van der Waals surface area contributed by atoms with Crippen LogP contribution in [0.2, 0.25) is 5.02 Å². The molecule has 1 heterocycles. The first kappa shape index (κ1) is 22.6. The van der Waals surface area contributed by atoms with Crippen molar-refractivity contribution in [3.63, 3.8) is 0 Å². The second-order valence-corrected chi connectivity index (χ2v) is 8.93. The Kier molecular flexibility index (Phi) is 6.00. The van der Waals surface area contributed by atoms with Crippen LogP contribution in [0.3, 0.4) is 0 Å². The predicted octanol–water partition coefficient (Wildman–Crippen LogP) is 5.73. The zero-order valence-corrected chi connectivity index (χ0v) is 20.1. The lowest BCUT2D eigenvalue weighted by atomic mass is 9.99. The normalized spacial score (nSPS) is 13.7. The fraction of sp³-hybridized carbons (Fsp3) is 0.185.